The van der Waals surface area contributed by atoms with Gasteiger partial charge in [-0.3, -0.25) is 10.2 Å². The predicted octanol–water partition coefficient (Wildman–Crippen LogP) is 1.02. The smallest absolute Gasteiger partial charge is 0.333 e. The van der Waals surface area contributed by atoms with Gasteiger partial charge >= 0.3 is 6.03 Å². The number of rotatable bonds is 4. The van der Waals surface area contributed by atoms with Crippen molar-refractivity contribution in [2.75, 3.05) is 0 Å². The number of benzene rings is 1. The molecule has 5 N–H and O–H groups in total. The summed E-state index contributed by atoms with van der Waals surface area (Å²) in [6, 6.07) is 6.42. The number of carbonyl (C=O) groups excluding carboxylic acids is 2. The summed E-state index contributed by atoms with van der Waals surface area (Å²) in [6.45, 7) is 2.14. The number of hydrazine groups is 1. The summed E-state index contributed by atoms with van der Waals surface area (Å²) in [4.78, 5) is 22.8. The molecule has 0 saturated carbocycles. The Morgan fingerprint density at radius 1 is 1.32 bits per heavy atom. The molecule has 104 valence electrons. The molecule has 0 unspecified atom stereocenters. The van der Waals surface area contributed by atoms with Crippen LogP contribution in [0.5, 0.6) is 0 Å². The van der Waals surface area contributed by atoms with E-state index in [1.807, 2.05) is 24.3 Å². The highest BCUT2D eigenvalue weighted by atomic mass is 79.9. The van der Waals surface area contributed by atoms with Crippen molar-refractivity contribution >= 4 is 27.9 Å². The molecule has 0 bridgehead atoms. The third-order valence-corrected chi connectivity index (χ3v) is 3.25. The van der Waals surface area contributed by atoms with Gasteiger partial charge in [0.15, 0.2) is 0 Å². The highest BCUT2D eigenvalue weighted by Crippen LogP contribution is 2.14. The van der Waals surface area contributed by atoms with E-state index in [-0.39, 0.29) is 0 Å². The molecule has 3 amide bonds. The Kier molecular flexibility index (Phi) is 6.31. The fraction of sp³-hybridized carbons (Fsp3) is 0.333. The van der Waals surface area contributed by atoms with Gasteiger partial charge in [-0.2, -0.15) is 0 Å². The van der Waals surface area contributed by atoms with Crippen LogP contribution in [0.2, 0.25) is 0 Å². The minimum Gasteiger partial charge on any atom is -0.333 e. The van der Waals surface area contributed by atoms with Crippen molar-refractivity contribution < 1.29 is 9.59 Å². The number of amides is 3. The zero-order chi connectivity index (χ0) is 14.3. The maximum absolute atomic E-state index is 11.4. The van der Waals surface area contributed by atoms with Crippen LogP contribution >= 0.6 is 15.9 Å². The van der Waals surface area contributed by atoms with Crippen molar-refractivity contribution in [1.82, 2.24) is 16.2 Å². The van der Waals surface area contributed by atoms with Gasteiger partial charge in [-0.15, -0.1) is 0 Å². The summed E-state index contributed by atoms with van der Waals surface area (Å²) in [7, 11) is 0. The molecular weight excluding hydrogens is 312 g/mol. The van der Waals surface area contributed by atoms with E-state index in [9.17, 15) is 9.59 Å². The molecule has 0 heterocycles. The largest absolute Gasteiger partial charge is 0.333 e. The van der Waals surface area contributed by atoms with E-state index >= 15 is 0 Å². The van der Waals surface area contributed by atoms with Gasteiger partial charge in [-0.25, -0.2) is 10.2 Å². The number of hydrogen-bond donors (Lipinski definition) is 4. The van der Waals surface area contributed by atoms with Crippen LogP contribution in [-0.2, 0) is 11.3 Å². The van der Waals surface area contributed by atoms with Crippen LogP contribution in [0.1, 0.15) is 18.9 Å². The lowest BCUT2D eigenvalue weighted by atomic mass is 10.2. The van der Waals surface area contributed by atoms with Gasteiger partial charge in [0.1, 0.15) is 0 Å². The number of nitrogens with one attached hydrogen (secondary N) is 3. The summed E-state index contributed by atoms with van der Waals surface area (Å²) in [5, 5.41) is 2.62. The summed E-state index contributed by atoms with van der Waals surface area (Å²) >= 11 is 3.38. The quantitative estimate of drug-likeness (QED) is 0.621. The number of nitrogens with two attached hydrogens (primary N) is 1. The lowest BCUT2D eigenvalue weighted by Gasteiger charge is -2.12. The first kappa shape index (κ1) is 15.5. The summed E-state index contributed by atoms with van der Waals surface area (Å²) in [5.41, 5.74) is 10.9. The van der Waals surface area contributed by atoms with E-state index in [1.54, 1.807) is 6.92 Å². The monoisotopic (exact) mass is 328 g/mol. The first-order valence-electron chi connectivity index (χ1n) is 5.87. The van der Waals surface area contributed by atoms with Crippen LogP contribution in [0.25, 0.3) is 0 Å². The van der Waals surface area contributed by atoms with E-state index in [1.165, 1.54) is 0 Å². The standard InChI is InChI=1S/C12H17BrN4O2/c1-2-10(14)11(18)16-17-12(19)15-7-8-5-3-4-6-9(8)13/h3-6,10H,2,7,14H2,1H3,(H,16,18)(H2,15,17,19)/t10-/m0/s1. The number of carbonyl (C=O) groups is 2. The average Bonchev–Trinajstić information content (AvgIpc) is 2.42. The molecule has 0 spiro atoms. The van der Waals surface area contributed by atoms with Crippen LogP contribution in [0.3, 0.4) is 0 Å². The Morgan fingerprint density at radius 2 is 2.00 bits per heavy atom. The maximum atomic E-state index is 11.4. The van der Waals surface area contributed by atoms with Gasteiger partial charge in [0.05, 0.1) is 6.04 Å². The van der Waals surface area contributed by atoms with Crippen LogP contribution in [0.15, 0.2) is 28.7 Å². The molecule has 7 heteroatoms. The number of hydrogen-bond acceptors (Lipinski definition) is 3. The van der Waals surface area contributed by atoms with Crippen LogP contribution < -0.4 is 21.9 Å². The molecule has 1 atom stereocenters. The minimum absolute atomic E-state index is 0.350. The minimum atomic E-state index is -0.622. The molecule has 0 saturated heterocycles. The van der Waals surface area contributed by atoms with Gasteiger partial charge in [0, 0.05) is 11.0 Å². The van der Waals surface area contributed by atoms with Crippen molar-refractivity contribution in [3.63, 3.8) is 0 Å². The van der Waals surface area contributed by atoms with Crippen molar-refractivity contribution in [2.45, 2.75) is 25.9 Å². The summed E-state index contributed by atoms with van der Waals surface area (Å²) in [5.74, 6) is -0.418. The Bertz CT molecular complexity index is 453. The second-order valence-corrected chi connectivity index (χ2v) is 4.76. The van der Waals surface area contributed by atoms with Gasteiger partial charge < -0.3 is 11.1 Å². The van der Waals surface area contributed by atoms with E-state index in [0.717, 1.165) is 10.0 Å². The second-order valence-electron chi connectivity index (χ2n) is 3.90. The van der Waals surface area contributed by atoms with Crippen LogP contribution in [-0.4, -0.2) is 18.0 Å². The topological polar surface area (TPSA) is 96.2 Å². The van der Waals surface area contributed by atoms with Gasteiger partial charge in [0.25, 0.3) is 5.91 Å². The van der Waals surface area contributed by atoms with Gasteiger partial charge in [-0.1, -0.05) is 41.1 Å². The SMILES string of the molecule is CC[C@H](N)C(=O)NNC(=O)NCc1ccccc1Br. The van der Waals surface area contributed by atoms with Gasteiger partial charge in [0.2, 0.25) is 0 Å². The normalized spacial score (nSPS) is 11.5. The first-order chi connectivity index (χ1) is 9.04. The highest BCUT2D eigenvalue weighted by molar-refractivity contribution is 9.10. The molecule has 0 aliphatic carbocycles. The molecule has 0 aromatic heterocycles. The molecule has 0 aliphatic rings. The van der Waals surface area contributed by atoms with Crippen molar-refractivity contribution in [2.24, 2.45) is 5.73 Å². The molecule has 19 heavy (non-hydrogen) atoms. The van der Waals surface area contributed by atoms with Crippen molar-refractivity contribution in [3.8, 4) is 0 Å². The summed E-state index contributed by atoms with van der Waals surface area (Å²) < 4.78 is 0.910. The predicted molar refractivity (Wildman–Crippen MR) is 75.9 cm³/mol. The Labute approximate surface area is 120 Å². The molecular formula is C12H17BrN4O2. The van der Waals surface area contributed by atoms with Gasteiger partial charge in [-0.05, 0) is 18.1 Å². The molecule has 0 aliphatic heterocycles. The molecule has 6 nitrogen and oxygen atoms in total. The van der Waals surface area contributed by atoms with E-state index in [2.05, 4.69) is 32.1 Å². The van der Waals surface area contributed by atoms with E-state index < -0.39 is 18.0 Å². The lowest BCUT2D eigenvalue weighted by molar-refractivity contribution is -0.123. The molecule has 0 radical (unpaired) electrons. The third kappa shape index (κ3) is 5.27. The van der Waals surface area contributed by atoms with Crippen molar-refractivity contribution in [1.29, 1.82) is 0 Å². The number of halogens is 1. The van der Waals surface area contributed by atoms with Crippen molar-refractivity contribution in [3.05, 3.63) is 34.3 Å². The number of urea groups is 1. The third-order valence-electron chi connectivity index (χ3n) is 2.47. The maximum Gasteiger partial charge on any atom is 0.333 e. The Balaban J connectivity index is 2.33. The Hall–Kier alpha value is -1.60. The Morgan fingerprint density at radius 3 is 2.63 bits per heavy atom. The second kappa shape index (κ2) is 7.75. The molecule has 0 fully saturated rings. The highest BCUT2D eigenvalue weighted by Gasteiger charge is 2.11. The zero-order valence-corrected chi connectivity index (χ0v) is 12.2. The first-order valence-corrected chi connectivity index (χ1v) is 6.66. The molecule has 1 aromatic carbocycles. The molecule has 1 aromatic rings. The fourth-order valence-corrected chi connectivity index (χ4v) is 1.68. The summed E-state index contributed by atoms with van der Waals surface area (Å²) in [6.07, 6.45) is 0.506. The van der Waals surface area contributed by atoms with E-state index in [0.29, 0.717) is 13.0 Å². The fourth-order valence-electron chi connectivity index (χ4n) is 1.26. The van der Waals surface area contributed by atoms with E-state index in [4.69, 9.17) is 5.73 Å². The van der Waals surface area contributed by atoms with Crippen LogP contribution in [0.4, 0.5) is 4.79 Å². The zero-order valence-electron chi connectivity index (χ0n) is 10.6. The lowest BCUT2D eigenvalue weighted by Crippen LogP contribution is -2.51. The molecule has 1 rings (SSSR count). The van der Waals surface area contributed by atoms with Crippen LogP contribution in [0, 0.1) is 0 Å². The average molecular weight is 329 g/mol.